The predicted octanol–water partition coefficient (Wildman–Crippen LogP) is 4.54. The number of hydrogen-bond donors (Lipinski definition) is 1. The molecule has 4 rings (SSSR count). The van der Waals surface area contributed by atoms with Crippen molar-refractivity contribution in [3.05, 3.63) is 64.8 Å². The van der Waals surface area contributed by atoms with E-state index in [9.17, 15) is 4.79 Å². The Labute approximate surface area is 175 Å². The molecule has 3 aromatic rings. The summed E-state index contributed by atoms with van der Waals surface area (Å²) in [6, 6.07) is 14.3. The van der Waals surface area contributed by atoms with E-state index in [-0.39, 0.29) is 17.9 Å². The molecule has 2 aromatic heterocycles. The molecule has 0 aliphatic carbocycles. The van der Waals surface area contributed by atoms with Crippen LogP contribution < -0.4 is 5.32 Å². The van der Waals surface area contributed by atoms with E-state index in [0.717, 1.165) is 49.6 Å². The molecular formula is C23H27N3O2S. The number of carbonyl (C=O) groups is 1. The molecule has 1 fully saturated rings. The van der Waals surface area contributed by atoms with Crippen LogP contribution in [0.25, 0.3) is 11.3 Å². The second kappa shape index (κ2) is 9.37. The number of oxazole rings is 1. The van der Waals surface area contributed by atoms with Gasteiger partial charge in [-0.1, -0.05) is 36.4 Å². The fraction of sp³-hybridized carbons (Fsp3) is 0.391. The predicted molar refractivity (Wildman–Crippen MR) is 116 cm³/mol. The van der Waals surface area contributed by atoms with Crippen LogP contribution in [0, 0.1) is 5.92 Å². The number of likely N-dealkylation sites (tertiary alicyclic amines) is 1. The second-order valence-electron chi connectivity index (χ2n) is 7.54. The van der Waals surface area contributed by atoms with E-state index in [1.807, 2.05) is 30.3 Å². The molecule has 0 radical (unpaired) electrons. The van der Waals surface area contributed by atoms with Gasteiger partial charge in [-0.15, -0.1) is 11.3 Å². The lowest BCUT2D eigenvalue weighted by atomic mass is 9.95. The van der Waals surface area contributed by atoms with Crippen LogP contribution in [-0.2, 0) is 11.2 Å². The summed E-state index contributed by atoms with van der Waals surface area (Å²) in [5, 5.41) is 5.18. The number of hydrogen-bond acceptors (Lipinski definition) is 5. The molecule has 1 N–H and O–H groups in total. The number of nitrogens with one attached hydrogen (secondary N) is 1. The first-order valence-corrected chi connectivity index (χ1v) is 11.1. The minimum Gasteiger partial charge on any atom is -0.439 e. The van der Waals surface area contributed by atoms with Gasteiger partial charge in [-0.2, -0.15) is 0 Å². The van der Waals surface area contributed by atoms with E-state index in [1.165, 1.54) is 4.88 Å². The molecule has 0 saturated carbocycles. The van der Waals surface area contributed by atoms with Crippen LogP contribution in [0.2, 0.25) is 0 Å². The van der Waals surface area contributed by atoms with Crippen molar-refractivity contribution < 1.29 is 9.21 Å². The second-order valence-corrected chi connectivity index (χ2v) is 8.57. The molecule has 29 heavy (non-hydrogen) atoms. The van der Waals surface area contributed by atoms with E-state index >= 15 is 0 Å². The maximum atomic E-state index is 12.5. The van der Waals surface area contributed by atoms with E-state index in [2.05, 4.69) is 39.6 Å². The lowest BCUT2D eigenvalue weighted by molar-refractivity contribution is -0.126. The number of benzene rings is 1. The van der Waals surface area contributed by atoms with Gasteiger partial charge in [0.2, 0.25) is 11.8 Å². The van der Waals surface area contributed by atoms with Crippen LogP contribution in [0.5, 0.6) is 0 Å². The van der Waals surface area contributed by atoms with Gasteiger partial charge < -0.3 is 9.73 Å². The first kappa shape index (κ1) is 19.9. The molecule has 0 bridgehead atoms. The normalized spacial score (nSPS) is 16.6. The van der Waals surface area contributed by atoms with E-state index in [4.69, 9.17) is 4.42 Å². The highest BCUT2D eigenvalue weighted by molar-refractivity contribution is 7.09. The molecule has 1 aliphatic heterocycles. The largest absolute Gasteiger partial charge is 0.439 e. The average Bonchev–Trinajstić information content (AvgIpc) is 3.46. The number of aromatic nitrogens is 1. The number of thiophene rings is 1. The Bertz CT molecular complexity index is 899. The smallest absolute Gasteiger partial charge is 0.223 e. The molecule has 1 aromatic carbocycles. The van der Waals surface area contributed by atoms with Gasteiger partial charge >= 0.3 is 0 Å². The molecule has 1 amide bonds. The third kappa shape index (κ3) is 4.95. The highest BCUT2D eigenvalue weighted by atomic mass is 32.1. The number of amides is 1. The van der Waals surface area contributed by atoms with Crippen molar-refractivity contribution in [2.75, 3.05) is 19.6 Å². The summed E-state index contributed by atoms with van der Waals surface area (Å²) >= 11 is 1.74. The molecule has 1 unspecified atom stereocenters. The van der Waals surface area contributed by atoms with Gasteiger partial charge in [0, 0.05) is 22.9 Å². The summed E-state index contributed by atoms with van der Waals surface area (Å²) in [7, 11) is 0. The monoisotopic (exact) mass is 409 g/mol. The Kier molecular flexibility index (Phi) is 6.42. The summed E-state index contributed by atoms with van der Waals surface area (Å²) in [5.41, 5.74) is 1.04. The topological polar surface area (TPSA) is 58.4 Å². The Balaban J connectivity index is 1.26. The van der Waals surface area contributed by atoms with E-state index in [1.54, 1.807) is 17.5 Å². The molecule has 5 nitrogen and oxygen atoms in total. The van der Waals surface area contributed by atoms with Gasteiger partial charge in [0.25, 0.3) is 0 Å². The number of nitrogens with zero attached hydrogens (tertiary/aromatic N) is 2. The van der Waals surface area contributed by atoms with Crippen molar-refractivity contribution in [1.29, 1.82) is 0 Å². The zero-order chi connectivity index (χ0) is 20.1. The third-order valence-electron chi connectivity index (χ3n) is 5.64. The van der Waals surface area contributed by atoms with E-state index < -0.39 is 0 Å². The fourth-order valence-electron chi connectivity index (χ4n) is 3.83. The number of carbonyl (C=O) groups excluding carboxylic acids is 1. The van der Waals surface area contributed by atoms with Crippen molar-refractivity contribution in [2.24, 2.45) is 5.92 Å². The van der Waals surface area contributed by atoms with Crippen LogP contribution in [0.1, 0.15) is 36.6 Å². The van der Waals surface area contributed by atoms with Gasteiger partial charge in [-0.05, 0) is 50.7 Å². The SMILES string of the molecule is CC(c1ncc(-c2ccccc2)o1)N1CCC(C(=O)NCCc2cccs2)CC1. The quantitative estimate of drug-likeness (QED) is 0.623. The highest BCUT2D eigenvalue weighted by Gasteiger charge is 2.29. The summed E-state index contributed by atoms with van der Waals surface area (Å²) < 4.78 is 6.02. The Morgan fingerprint density at radius 2 is 2.03 bits per heavy atom. The van der Waals surface area contributed by atoms with E-state index in [0.29, 0.717) is 6.54 Å². The third-order valence-corrected chi connectivity index (χ3v) is 6.57. The highest BCUT2D eigenvalue weighted by Crippen LogP contribution is 2.29. The molecule has 3 heterocycles. The molecule has 1 aliphatic rings. The molecular weight excluding hydrogens is 382 g/mol. The van der Waals surface area contributed by atoms with Crippen molar-refractivity contribution in [1.82, 2.24) is 15.2 Å². The molecule has 152 valence electrons. The summed E-state index contributed by atoms with van der Waals surface area (Å²) in [5.74, 6) is 1.83. The summed E-state index contributed by atoms with van der Waals surface area (Å²) in [4.78, 5) is 20.6. The Morgan fingerprint density at radius 1 is 1.24 bits per heavy atom. The summed E-state index contributed by atoms with van der Waals surface area (Å²) in [6.45, 7) is 4.61. The van der Waals surface area contributed by atoms with Crippen molar-refractivity contribution in [3.8, 4) is 11.3 Å². The van der Waals surface area contributed by atoms with Gasteiger partial charge in [-0.25, -0.2) is 4.98 Å². The van der Waals surface area contributed by atoms with Crippen LogP contribution in [0.4, 0.5) is 0 Å². The first-order chi connectivity index (χ1) is 14.2. The van der Waals surface area contributed by atoms with Gasteiger partial charge in [0.15, 0.2) is 5.76 Å². The van der Waals surface area contributed by atoms with Crippen LogP contribution in [0.15, 0.2) is 58.5 Å². The lowest BCUT2D eigenvalue weighted by Gasteiger charge is -2.34. The van der Waals surface area contributed by atoms with Gasteiger partial charge in [0.05, 0.1) is 12.2 Å². The maximum absolute atomic E-state index is 12.5. The Morgan fingerprint density at radius 3 is 2.76 bits per heavy atom. The van der Waals surface area contributed by atoms with Gasteiger partial charge in [0.1, 0.15) is 0 Å². The maximum Gasteiger partial charge on any atom is 0.223 e. The molecule has 6 heteroatoms. The average molecular weight is 410 g/mol. The molecule has 1 atom stereocenters. The van der Waals surface area contributed by atoms with Crippen molar-refractivity contribution in [2.45, 2.75) is 32.2 Å². The van der Waals surface area contributed by atoms with Crippen LogP contribution in [-0.4, -0.2) is 35.4 Å². The van der Waals surface area contributed by atoms with Crippen molar-refractivity contribution in [3.63, 3.8) is 0 Å². The zero-order valence-corrected chi connectivity index (χ0v) is 17.5. The lowest BCUT2D eigenvalue weighted by Crippen LogP contribution is -2.41. The van der Waals surface area contributed by atoms with Gasteiger partial charge in [-0.3, -0.25) is 9.69 Å². The molecule has 0 spiro atoms. The molecule has 1 saturated heterocycles. The number of rotatable bonds is 7. The minimum atomic E-state index is 0.103. The van der Waals surface area contributed by atoms with Crippen LogP contribution in [0.3, 0.4) is 0 Å². The number of piperidine rings is 1. The fourth-order valence-corrected chi connectivity index (χ4v) is 4.54. The first-order valence-electron chi connectivity index (χ1n) is 10.3. The summed E-state index contributed by atoms with van der Waals surface area (Å²) in [6.07, 6.45) is 4.46. The Hall–Kier alpha value is -2.44. The minimum absolute atomic E-state index is 0.103. The van der Waals surface area contributed by atoms with Crippen molar-refractivity contribution >= 4 is 17.2 Å². The zero-order valence-electron chi connectivity index (χ0n) is 16.7. The van der Waals surface area contributed by atoms with Crippen LogP contribution >= 0.6 is 11.3 Å². The standard InChI is InChI=1S/C23H27N3O2S/c1-17(23-25-16-21(28-23)18-6-3-2-4-7-18)26-13-10-19(11-14-26)22(27)24-12-9-20-8-5-15-29-20/h2-8,15-17,19H,9-14H2,1H3,(H,24,27).